The van der Waals surface area contributed by atoms with Crippen LogP contribution in [0.1, 0.15) is 23.0 Å². The number of benzene rings is 1. The number of nitrogens with zero attached hydrogens (tertiary/aromatic N) is 2. The zero-order chi connectivity index (χ0) is 13.3. The Hall–Kier alpha value is -2.17. The molecule has 2 aromatic rings. The van der Waals surface area contributed by atoms with E-state index in [-0.39, 0.29) is 6.61 Å². The van der Waals surface area contributed by atoms with Gasteiger partial charge >= 0.3 is 5.97 Å². The molecule has 0 spiro atoms. The van der Waals surface area contributed by atoms with E-state index < -0.39 is 11.8 Å². The fourth-order valence-electron chi connectivity index (χ4n) is 1.89. The van der Waals surface area contributed by atoms with Crippen molar-refractivity contribution in [1.82, 2.24) is 9.78 Å². The summed E-state index contributed by atoms with van der Waals surface area (Å²) in [6, 6.07) is 5.08. The zero-order valence-electron chi connectivity index (χ0n) is 10.6. The highest BCUT2D eigenvalue weighted by Crippen LogP contribution is 2.19. The minimum Gasteiger partial charge on any atom is -0.460 e. The van der Waals surface area contributed by atoms with Crippen LogP contribution in [-0.4, -0.2) is 28.1 Å². The quantitative estimate of drug-likeness (QED) is 0.469. The number of carbonyl (C=O) groups is 2. The number of fused-ring (bicyclic) bond motifs is 1. The third-order valence-corrected chi connectivity index (χ3v) is 2.76. The molecule has 0 fully saturated rings. The van der Waals surface area contributed by atoms with E-state index in [2.05, 4.69) is 5.10 Å². The minimum atomic E-state index is -0.823. The smallest absolute Gasteiger partial charge is 0.379 e. The van der Waals surface area contributed by atoms with Crippen LogP contribution in [-0.2, 0) is 16.6 Å². The predicted octanol–water partition coefficient (Wildman–Crippen LogP) is 1.63. The van der Waals surface area contributed by atoms with Gasteiger partial charge in [0.2, 0.25) is 0 Å². The third kappa shape index (κ3) is 1.99. The average molecular weight is 246 g/mol. The number of ketones is 1. The van der Waals surface area contributed by atoms with Gasteiger partial charge in [-0.2, -0.15) is 5.10 Å². The molecule has 5 heteroatoms. The lowest BCUT2D eigenvalue weighted by Gasteiger charge is -2.02. The molecule has 0 aliphatic heterocycles. The minimum absolute atomic E-state index is 0.192. The highest BCUT2D eigenvalue weighted by atomic mass is 16.5. The van der Waals surface area contributed by atoms with Gasteiger partial charge in [-0.1, -0.05) is 6.07 Å². The fraction of sp³-hybridized carbons (Fsp3) is 0.308. The first-order valence-corrected chi connectivity index (χ1v) is 5.69. The number of esters is 1. The van der Waals surface area contributed by atoms with E-state index in [9.17, 15) is 9.59 Å². The van der Waals surface area contributed by atoms with Crippen LogP contribution in [0.5, 0.6) is 0 Å². The van der Waals surface area contributed by atoms with Crippen LogP contribution in [0.2, 0.25) is 0 Å². The molecule has 0 amide bonds. The van der Waals surface area contributed by atoms with Crippen molar-refractivity contribution >= 4 is 22.7 Å². The van der Waals surface area contributed by atoms with Gasteiger partial charge in [-0.05, 0) is 26.0 Å². The molecule has 0 atom stereocenters. The molecular formula is C13H14N2O3. The van der Waals surface area contributed by atoms with Gasteiger partial charge in [0, 0.05) is 18.0 Å². The second kappa shape index (κ2) is 4.60. The molecule has 94 valence electrons. The Balaban J connectivity index is 2.44. The van der Waals surface area contributed by atoms with Gasteiger partial charge in [-0.15, -0.1) is 0 Å². The standard InChI is InChI=1S/C13H14N2O3/c1-4-18-13(17)12(16)9-5-6-10-8(2)14-15(3)11(10)7-9/h5-7H,4H2,1-3H3. The largest absolute Gasteiger partial charge is 0.460 e. The normalized spacial score (nSPS) is 10.6. The molecule has 0 aliphatic carbocycles. The maximum absolute atomic E-state index is 11.8. The summed E-state index contributed by atoms with van der Waals surface area (Å²) in [5.41, 5.74) is 2.04. The molecule has 1 aromatic heterocycles. The van der Waals surface area contributed by atoms with Crippen LogP contribution in [0.25, 0.3) is 10.9 Å². The number of aromatic nitrogens is 2. The number of Topliss-reactive ketones (excluding diaryl/α,β-unsaturated/α-hetero) is 1. The Labute approximate surface area is 104 Å². The Morgan fingerprint density at radius 1 is 1.39 bits per heavy atom. The van der Waals surface area contributed by atoms with E-state index in [1.165, 1.54) is 0 Å². The number of carbonyl (C=O) groups excluding carboxylic acids is 2. The van der Waals surface area contributed by atoms with Crippen LogP contribution in [0, 0.1) is 6.92 Å². The monoisotopic (exact) mass is 246 g/mol. The van der Waals surface area contributed by atoms with Crippen molar-refractivity contribution in [2.75, 3.05) is 6.61 Å². The first-order chi connectivity index (χ1) is 8.54. The summed E-state index contributed by atoms with van der Waals surface area (Å²) in [5, 5.41) is 5.23. The van der Waals surface area contributed by atoms with Crippen molar-refractivity contribution in [3.63, 3.8) is 0 Å². The van der Waals surface area contributed by atoms with Crippen molar-refractivity contribution < 1.29 is 14.3 Å². The summed E-state index contributed by atoms with van der Waals surface area (Å²) < 4.78 is 6.38. The van der Waals surface area contributed by atoms with Crippen LogP contribution < -0.4 is 0 Å². The van der Waals surface area contributed by atoms with Gasteiger partial charge in [0.15, 0.2) is 0 Å². The molecule has 1 heterocycles. The van der Waals surface area contributed by atoms with Gasteiger partial charge < -0.3 is 4.74 Å². The molecule has 0 unspecified atom stereocenters. The lowest BCUT2D eigenvalue weighted by atomic mass is 10.1. The molecule has 2 rings (SSSR count). The third-order valence-electron chi connectivity index (χ3n) is 2.76. The Morgan fingerprint density at radius 3 is 2.78 bits per heavy atom. The Bertz CT molecular complexity index is 628. The number of hydrogen-bond donors (Lipinski definition) is 0. The predicted molar refractivity (Wildman–Crippen MR) is 66.4 cm³/mol. The molecule has 0 radical (unpaired) electrons. The first-order valence-electron chi connectivity index (χ1n) is 5.69. The highest BCUT2D eigenvalue weighted by Gasteiger charge is 2.18. The first kappa shape index (κ1) is 12.3. The van der Waals surface area contributed by atoms with Gasteiger partial charge in [0.25, 0.3) is 5.78 Å². The lowest BCUT2D eigenvalue weighted by molar-refractivity contribution is -0.137. The average Bonchev–Trinajstić information content (AvgIpc) is 2.64. The van der Waals surface area contributed by atoms with Crippen LogP contribution in [0.4, 0.5) is 0 Å². The maximum Gasteiger partial charge on any atom is 0.379 e. The molecule has 0 aliphatic rings. The summed E-state index contributed by atoms with van der Waals surface area (Å²) >= 11 is 0. The molecule has 0 N–H and O–H groups in total. The number of aryl methyl sites for hydroxylation is 2. The van der Waals surface area contributed by atoms with Crippen molar-refractivity contribution in [3.8, 4) is 0 Å². The van der Waals surface area contributed by atoms with E-state index >= 15 is 0 Å². The van der Waals surface area contributed by atoms with Gasteiger partial charge in [-0.25, -0.2) is 4.79 Å². The summed E-state index contributed by atoms with van der Waals surface area (Å²) in [4.78, 5) is 23.2. The second-order valence-corrected chi connectivity index (χ2v) is 3.99. The molecule has 0 saturated heterocycles. The molecule has 18 heavy (non-hydrogen) atoms. The summed E-state index contributed by atoms with van der Waals surface area (Å²) in [7, 11) is 1.80. The van der Waals surface area contributed by atoms with Crippen molar-refractivity contribution in [2.24, 2.45) is 7.05 Å². The van der Waals surface area contributed by atoms with E-state index in [0.717, 1.165) is 16.6 Å². The molecular weight excluding hydrogens is 232 g/mol. The number of hydrogen-bond acceptors (Lipinski definition) is 4. The SMILES string of the molecule is CCOC(=O)C(=O)c1ccc2c(C)nn(C)c2c1. The lowest BCUT2D eigenvalue weighted by Crippen LogP contribution is -2.17. The Kier molecular flexibility index (Phi) is 3.14. The maximum atomic E-state index is 11.8. The zero-order valence-corrected chi connectivity index (χ0v) is 10.6. The molecule has 5 nitrogen and oxygen atoms in total. The Morgan fingerprint density at radius 2 is 2.11 bits per heavy atom. The van der Waals surface area contributed by atoms with Gasteiger partial charge in [-0.3, -0.25) is 9.48 Å². The van der Waals surface area contributed by atoms with E-state index in [1.807, 2.05) is 6.92 Å². The van der Waals surface area contributed by atoms with Crippen LogP contribution in [0.15, 0.2) is 18.2 Å². The number of ether oxygens (including phenoxy) is 1. The highest BCUT2D eigenvalue weighted by molar-refractivity contribution is 6.40. The van der Waals surface area contributed by atoms with E-state index in [0.29, 0.717) is 5.56 Å². The van der Waals surface area contributed by atoms with Gasteiger partial charge in [0.1, 0.15) is 0 Å². The van der Waals surface area contributed by atoms with Crippen LogP contribution in [0.3, 0.4) is 0 Å². The van der Waals surface area contributed by atoms with E-state index in [4.69, 9.17) is 4.74 Å². The molecule has 0 bridgehead atoms. The van der Waals surface area contributed by atoms with Crippen LogP contribution >= 0.6 is 0 Å². The van der Waals surface area contributed by atoms with Crippen molar-refractivity contribution in [3.05, 3.63) is 29.5 Å². The van der Waals surface area contributed by atoms with Crippen molar-refractivity contribution in [2.45, 2.75) is 13.8 Å². The topological polar surface area (TPSA) is 61.2 Å². The van der Waals surface area contributed by atoms with Crippen molar-refractivity contribution in [1.29, 1.82) is 0 Å². The molecule has 0 saturated carbocycles. The summed E-state index contributed by atoms with van der Waals surface area (Å²) in [6.45, 7) is 3.76. The van der Waals surface area contributed by atoms with Gasteiger partial charge in [0.05, 0.1) is 17.8 Å². The molecule has 1 aromatic carbocycles. The second-order valence-electron chi connectivity index (χ2n) is 3.99. The number of rotatable bonds is 3. The summed E-state index contributed by atoms with van der Waals surface area (Å²) in [5.74, 6) is -1.45. The fourth-order valence-corrected chi connectivity index (χ4v) is 1.89. The summed E-state index contributed by atoms with van der Waals surface area (Å²) in [6.07, 6.45) is 0. The van der Waals surface area contributed by atoms with E-state index in [1.54, 1.807) is 36.9 Å².